The van der Waals surface area contributed by atoms with E-state index in [0.29, 0.717) is 29.4 Å². The fourth-order valence-corrected chi connectivity index (χ4v) is 4.36. The van der Waals surface area contributed by atoms with Gasteiger partial charge in [-0.3, -0.25) is 14.4 Å². The molecule has 3 amide bonds. The number of fused-ring (bicyclic) bond motifs is 1. The molecule has 1 aliphatic rings. The van der Waals surface area contributed by atoms with Gasteiger partial charge in [-0.05, 0) is 43.7 Å². The van der Waals surface area contributed by atoms with Gasteiger partial charge >= 0.3 is 0 Å². The fourth-order valence-electron chi connectivity index (χ4n) is 3.24. The Morgan fingerprint density at radius 1 is 1.17 bits per heavy atom. The summed E-state index contributed by atoms with van der Waals surface area (Å²) in [5.74, 6) is -0.280. The highest BCUT2D eigenvalue weighted by Crippen LogP contribution is 2.36. The van der Waals surface area contributed by atoms with Crippen LogP contribution in [0, 0.1) is 0 Å². The summed E-state index contributed by atoms with van der Waals surface area (Å²) in [5.41, 5.74) is 1.91. The molecule has 0 bridgehead atoms. The van der Waals surface area contributed by atoms with Crippen LogP contribution >= 0.6 is 23.4 Å². The van der Waals surface area contributed by atoms with Crippen molar-refractivity contribution in [2.75, 3.05) is 30.3 Å². The van der Waals surface area contributed by atoms with Gasteiger partial charge in [-0.15, -0.1) is 11.8 Å². The van der Waals surface area contributed by atoms with Crippen LogP contribution in [0.2, 0.25) is 5.02 Å². The topological polar surface area (TPSA) is 69.7 Å². The molecule has 6 nitrogen and oxygen atoms in total. The molecule has 30 heavy (non-hydrogen) atoms. The first-order chi connectivity index (χ1) is 14.4. The summed E-state index contributed by atoms with van der Waals surface area (Å²) in [7, 11) is 0. The van der Waals surface area contributed by atoms with Crippen molar-refractivity contribution in [1.82, 2.24) is 10.2 Å². The Hall–Kier alpha value is -2.51. The number of nitrogens with zero attached hydrogens (tertiary/aromatic N) is 2. The average molecular weight is 446 g/mol. The highest BCUT2D eigenvalue weighted by Gasteiger charge is 2.28. The first-order valence-corrected chi connectivity index (χ1v) is 11.2. The molecule has 1 N–H and O–H groups in total. The van der Waals surface area contributed by atoms with E-state index in [-0.39, 0.29) is 36.6 Å². The number of benzene rings is 2. The largest absolute Gasteiger partial charge is 0.350 e. The van der Waals surface area contributed by atoms with Crippen LogP contribution in [-0.4, -0.2) is 48.0 Å². The molecule has 2 aromatic carbocycles. The van der Waals surface area contributed by atoms with E-state index in [1.807, 2.05) is 38.1 Å². The van der Waals surface area contributed by atoms with Gasteiger partial charge in [-0.25, -0.2) is 0 Å². The van der Waals surface area contributed by atoms with Crippen molar-refractivity contribution in [3.05, 3.63) is 58.6 Å². The molecule has 0 spiro atoms. The van der Waals surface area contributed by atoms with E-state index in [1.54, 1.807) is 23.1 Å². The second kappa shape index (κ2) is 10.00. The minimum Gasteiger partial charge on any atom is -0.350 e. The molecule has 0 aliphatic carbocycles. The predicted octanol–water partition coefficient (Wildman–Crippen LogP) is 3.58. The van der Waals surface area contributed by atoms with Gasteiger partial charge in [0, 0.05) is 35.1 Å². The smallest absolute Gasteiger partial charge is 0.253 e. The van der Waals surface area contributed by atoms with Gasteiger partial charge in [0.05, 0.1) is 11.4 Å². The maximum absolute atomic E-state index is 12.7. The van der Waals surface area contributed by atoms with Crippen molar-refractivity contribution in [2.24, 2.45) is 0 Å². The van der Waals surface area contributed by atoms with Gasteiger partial charge < -0.3 is 15.1 Å². The number of halogens is 1. The maximum atomic E-state index is 12.7. The van der Waals surface area contributed by atoms with Crippen LogP contribution in [0.15, 0.2) is 47.4 Å². The number of hydrogen-bond donors (Lipinski definition) is 1. The molecule has 158 valence electrons. The summed E-state index contributed by atoms with van der Waals surface area (Å²) in [4.78, 5) is 41.9. The fraction of sp³-hybridized carbons (Fsp3) is 0.318. The molecular weight excluding hydrogens is 422 g/mol. The van der Waals surface area contributed by atoms with E-state index in [0.717, 1.165) is 10.5 Å². The quantitative estimate of drug-likeness (QED) is 0.707. The van der Waals surface area contributed by atoms with Crippen molar-refractivity contribution in [3.63, 3.8) is 0 Å². The number of carbonyl (C=O) groups is 3. The van der Waals surface area contributed by atoms with Gasteiger partial charge in [-0.1, -0.05) is 29.8 Å². The van der Waals surface area contributed by atoms with E-state index in [4.69, 9.17) is 11.6 Å². The molecule has 2 aromatic rings. The summed E-state index contributed by atoms with van der Waals surface area (Å²) in [6.07, 6.45) is 0. The third-order valence-corrected chi connectivity index (χ3v) is 6.35. The number of hydrogen-bond acceptors (Lipinski definition) is 4. The van der Waals surface area contributed by atoms with Gasteiger partial charge in [0.25, 0.3) is 5.91 Å². The molecule has 1 heterocycles. The Bertz CT molecular complexity index is 962. The number of amides is 3. The summed E-state index contributed by atoms with van der Waals surface area (Å²) in [5, 5.41) is 3.39. The van der Waals surface area contributed by atoms with Crippen molar-refractivity contribution in [2.45, 2.75) is 25.3 Å². The molecule has 0 aromatic heterocycles. The average Bonchev–Trinajstić information content (AvgIpc) is 2.75. The molecular formula is C22H24ClN3O3S. The van der Waals surface area contributed by atoms with Gasteiger partial charge in [-0.2, -0.15) is 0 Å². The zero-order valence-corrected chi connectivity index (χ0v) is 18.6. The second-order valence-corrected chi connectivity index (χ2v) is 8.22. The van der Waals surface area contributed by atoms with Crippen molar-refractivity contribution >= 4 is 46.8 Å². The minimum absolute atomic E-state index is 0.0889. The van der Waals surface area contributed by atoms with E-state index in [9.17, 15) is 14.4 Å². The molecule has 0 unspecified atom stereocenters. The maximum Gasteiger partial charge on any atom is 0.253 e. The van der Waals surface area contributed by atoms with E-state index in [2.05, 4.69) is 5.32 Å². The molecule has 0 atom stereocenters. The first-order valence-electron chi connectivity index (χ1n) is 9.81. The lowest BCUT2D eigenvalue weighted by molar-refractivity contribution is -0.123. The number of anilines is 1. The second-order valence-electron chi connectivity index (χ2n) is 6.80. The van der Waals surface area contributed by atoms with E-state index < -0.39 is 0 Å². The van der Waals surface area contributed by atoms with Crippen molar-refractivity contribution in [3.8, 4) is 0 Å². The van der Waals surface area contributed by atoms with Crippen LogP contribution < -0.4 is 10.2 Å². The molecule has 0 saturated heterocycles. The lowest BCUT2D eigenvalue weighted by atomic mass is 10.1. The summed E-state index contributed by atoms with van der Waals surface area (Å²) >= 11 is 7.55. The monoisotopic (exact) mass is 445 g/mol. The zero-order chi connectivity index (χ0) is 21.7. The summed E-state index contributed by atoms with van der Waals surface area (Å²) < 4.78 is 0. The minimum atomic E-state index is -0.290. The Balaban J connectivity index is 1.76. The van der Waals surface area contributed by atoms with Crippen LogP contribution in [0.4, 0.5) is 5.69 Å². The van der Waals surface area contributed by atoms with E-state index in [1.165, 1.54) is 16.7 Å². The lowest BCUT2D eigenvalue weighted by Crippen LogP contribution is -2.43. The van der Waals surface area contributed by atoms with Crippen LogP contribution in [0.25, 0.3) is 0 Å². The molecule has 8 heteroatoms. The highest BCUT2D eigenvalue weighted by atomic mass is 35.5. The van der Waals surface area contributed by atoms with Crippen LogP contribution in [0.1, 0.15) is 29.8 Å². The number of carbonyl (C=O) groups excluding carboxylic acids is 3. The molecule has 0 saturated carbocycles. The third kappa shape index (κ3) is 4.96. The lowest BCUT2D eigenvalue weighted by Gasteiger charge is -2.29. The molecule has 1 aliphatic heterocycles. The van der Waals surface area contributed by atoms with Gasteiger partial charge in [0.15, 0.2) is 0 Å². The van der Waals surface area contributed by atoms with Gasteiger partial charge in [0.2, 0.25) is 11.8 Å². The van der Waals surface area contributed by atoms with Crippen LogP contribution in [0.3, 0.4) is 0 Å². The Morgan fingerprint density at radius 2 is 1.90 bits per heavy atom. The Morgan fingerprint density at radius 3 is 2.60 bits per heavy atom. The van der Waals surface area contributed by atoms with Crippen molar-refractivity contribution < 1.29 is 14.4 Å². The number of thioether (sulfide) groups is 1. The summed E-state index contributed by atoms with van der Waals surface area (Å²) in [6.45, 7) is 5.23. The molecule has 0 radical (unpaired) electrons. The SMILES string of the molecule is CCN(CC)C(=O)c1ccc2c(c1)N(CC(=O)NCc1ccccc1Cl)C(=O)CS2. The standard InChI is InChI=1S/C22H24ClN3O3S/c1-3-25(4-2)22(29)15-9-10-19-18(11-15)26(21(28)14-30-19)13-20(27)24-12-16-7-5-6-8-17(16)23/h5-11H,3-4,12-14H2,1-2H3,(H,24,27). The van der Waals surface area contributed by atoms with Gasteiger partial charge in [0.1, 0.15) is 6.54 Å². The first kappa shape index (κ1) is 22.2. The highest BCUT2D eigenvalue weighted by molar-refractivity contribution is 8.00. The van der Waals surface area contributed by atoms with Crippen molar-refractivity contribution in [1.29, 1.82) is 0 Å². The number of nitrogens with one attached hydrogen (secondary N) is 1. The van der Waals surface area contributed by atoms with E-state index >= 15 is 0 Å². The number of rotatable bonds is 7. The van der Waals surface area contributed by atoms with Crippen LogP contribution in [-0.2, 0) is 16.1 Å². The van der Waals surface area contributed by atoms with Crippen LogP contribution in [0.5, 0.6) is 0 Å². The predicted molar refractivity (Wildman–Crippen MR) is 120 cm³/mol. The molecule has 3 rings (SSSR count). The Labute approximate surface area is 185 Å². The zero-order valence-electron chi connectivity index (χ0n) is 17.0. The molecule has 0 fully saturated rings. The summed E-state index contributed by atoms with van der Waals surface area (Å²) in [6, 6.07) is 12.6. The third-order valence-electron chi connectivity index (χ3n) is 4.94. The normalized spacial score (nSPS) is 13.0. The Kier molecular flexibility index (Phi) is 7.39.